The molecule has 4 rings (SSSR count). The van der Waals surface area contributed by atoms with Gasteiger partial charge in [0.25, 0.3) is 0 Å². The Morgan fingerprint density at radius 2 is 0.667 bits per heavy atom. The van der Waals surface area contributed by atoms with Crippen molar-refractivity contribution in [3.63, 3.8) is 0 Å². The van der Waals surface area contributed by atoms with Gasteiger partial charge in [-0.1, -0.05) is 36.4 Å². The van der Waals surface area contributed by atoms with E-state index in [1.54, 1.807) is 20.8 Å². The third-order valence-corrected chi connectivity index (χ3v) is 10.4. The topological polar surface area (TPSA) is 187 Å². The molecule has 3 atom stereocenters. The molecule has 0 amide bonds. The minimum absolute atomic E-state index is 0. The van der Waals surface area contributed by atoms with Crippen LogP contribution in [0.4, 0.5) is 0 Å². The van der Waals surface area contributed by atoms with Gasteiger partial charge in [0.15, 0.2) is 40.3 Å². The first-order valence-corrected chi connectivity index (χ1v) is 17.5. The van der Waals surface area contributed by atoms with Crippen molar-refractivity contribution in [1.82, 2.24) is 15.0 Å². The summed E-state index contributed by atoms with van der Waals surface area (Å²) in [6.45, 7) is 4.72. The van der Waals surface area contributed by atoms with Crippen LogP contribution in [0.5, 0.6) is 0 Å². The maximum Gasteiger partial charge on any atom is 1.00 e. The molecule has 0 aliphatic heterocycles. The van der Waals surface area contributed by atoms with E-state index in [9.17, 15) is 28.4 Å². The van der Waals surface area contributed by atoms with Gasteiger partial charge in [-0.15, -0.1) is 0 Å². The van der Waals surface area contributed by atoms with Crippen molar-refractivity contribution in [2.45, 2.75) is 20.8 Å². The Hall–Kier alpha value is -1.09. The Kier molecular flexibility index (Phi) is 16.7. The summed E-state index contributed by atoms with van der Waals surface area (Å²) in [5, 5.41) is -0.0376. The van der Waals surface area contributed by atoms with Crippen LogP contribution >= 0.6 is 22.8 Å². The van der Waals surface area contributed by atoms with Gasteiger partial charge in [0.05, 0.1) is 19.8 Å². The molecule has 222 valence electrons. The van der Waals surface area contributed by atoms with Crippen LogP contribution in [0.2, 0.25) is 0 Å². The van der Waals surface area contributed by atoms with E-state index in [0.29, 0.717) is 16.7 Å². The Labute approximate surface area is 297 Å². The Morgan fingerprint density at radius 3 is 0.844 bits per heavy atom. The summed E-state index contributed by atoms with van der Waals surface area (Å²) in [4.78, 5) is 50.5. The fourth-order valence-corrected chi connectivity index (χ4v) is 6.89. The smallest absolute Gasteiger partial charge is 0.775 e. The second-order valence-electron chi connectivity index (χ2n) is 8.69. The average Bonchev–Trinajstić information content (AvgIpc) is 2.97. The van der Waals surface area contributed by atoms with Gasteiger partial charge >= 0.3 is 56.6 Å². The summed E-state index contributed by atoms with van der Waals surface area (Å²) in [5.74, 6) is 0.582. The van der Waals surface area contributed by atoms with Crippen LogP contribution in [0.25, 0.3) is 34.2 Å². The molecule has 18 heteroatoms. The van der Waals surface area contributed by atoms with Crippen LogP contribution in [-0.2, 0) is 27.3 Å². The molecule has 3 aromatic carbocycles. The summed E-state index contributed by atoms with van der Waals surface area (Å²) < 4.78 is 51.5. The first kappa shape index (κ1) is 41.9. The van der Waals surface area contributed by atoms with E-state index >= 15 is 0 Å². The maximum absolute atomic E-state index is 12.3. The van der Waals surface area contributed by atoms with Crippen molar-refractivity contribution in [2.24, 2.45) is 0 Å². The van der Waals surface area contributed by atoms with Crippen molar-refractivity contribution in [1.29, 1.82) is 0 Å². The normalized spacial score (nSPS) is 14.8. The number of hydrogen-bond acceptors (Lipinski definition) is 12. The molecule has 0 bridgehead atoms. The third kappa shape index (κ3) is 10.4. The predicted molar refractivity (Wildman–Crippen MR) is 153 cm³/mol. The maximum atomic E-state index is 12.3. The first-order valence-electron chi connectivity index (χ1n) is 12.9. The van der Waals surface area contributed by atoms with Gasteiger partial charge < -0.3 is 41.9 Å². The van der Waals surface area contributed by atoms with Crippen molar-refractivity contribution in [3.8, 4) is 34.2 Å². The molecule has 0 spiro atoms. The number of hydrogen-bond donors (Lipinski definition) is 0. The summed E-state index contributed by atoms with van der Waals surface area (Å²) in [6.07, 6.45) is 0. The quantitative estimate of drug-likeness (QED) is 0.104. The molecule has 0 fully saturated rings. The molecule has 0 aliphatic carbocycles. The van der Waals surface area contributed by atoms with Gasteiger partial charge in [0, 0.05) is 32.6 Å². The largest absolute Gasteiger partial charge is 1.00 e. The molecular weight excluding hydrogens is 624 g/mol. The molecule has 1 heterocycles. The Bertz CT molecular complexity index is 1490. The molecule has 1 aromatic heterocycles. The van der Waals surface area contributed by atoms with Crippen molar-refractivity contribution in [3.05, 3.63) is 72.8 Å². The van der Waals surface area contributed by atoms with Gasteiger partial charge in [0.1, 0.15) is 0 Å². The van der Waals surface area contributed by atoms with Gasteiger partial charge in [0.2, 0.25) is 0 Å². The Balaban J connectivity index is 0.00000337. The molecule has 0 saturated carbocycles. The van der Waals surface area contributed by atoms with Crippen LogP contribution in [0.1, 0.15) is 20.8 Å². The third-order valence-electron chi connectivity index (χ3n) is 5.86. The van der Waals surface area contributed by atoms with Crippen LogP contribution in [0.3, 0.4) is 0 Å². The minimum Gasteiger partial charge on any atom is -0.775 e. The standard InChI is InChI=1S/C27H30N3O9P3.3Li/c1-4-37-40(31,32)22-13-7-19(8-14-22)25-28-26(20-9-15-23(16-10-20)41(33,34)38-5-2)30-27(29-25)21-11-17-24(18-12-21)42(35,36)39-6-3;;;/h7-18H,4-6H2,1-3H3,(H,31,32)(H,33,34)(H,35,36);;;/q;3*+1/p-3. The first-order chi connectivity index (χ1) is 19.9. The molecule has 45 heavy (non-hydrogen) atoms. The van der Waals surface area contributed by atoms with Gasteiger partial charge in [-0.2, -0.15) is 0 Å². The van der Waals surface area contributed by atoms with E-state index in [-0.39, 0.29) is 110 Å². The van der Waals surface area contributed by atoms with Crippen LogP contribution in [0, 0.1) is 0 Å². The van der Waals surface area contributed by atoms with E-state index in [2.05, 4.69) is 15.0 Å². The molecule has 0 radical (unpaired) electrons. The zero-order chi connectivity index (χ0) is 30.5. The van der Waals surface area contributed by atoms with E-state index in [1.165, 1.54) is 72.8 Å². The molecule has 0 aliphatic rings. The number of benzene rings is 3. The van der Waals surface area contributed by atoms with Crippen LogP contribution in [-0.4, -0.2) is 34.8 Å². The number of nitrogens with zero attached hydrogens (tertiary/aromatic N) is 3. The second-order valence-corrected chi connectivity index (χ2v) is 14.0. The van der Waals surface area contributed by atoms with E-state index in [0.717, 1.165) is 0 Å². The van der Waals surface area contributed by atoms with Gasteiger partial charge in [-0.25, -0.2) is 15.0 Å². The fraction of sp³-hybridized carbons (Fsp3) is 0.222. The van der Waals surface area contributed by atoms with E-state index in [1.807, 2.05) is 0 Å². The van der Waals surface area contributed by atoms with Crippen molar-refractivity contribution >= 4 is 38.7 Å². The summed E-state index contributed by atoms with van der Waals surface area (Å²) in [5.41, 5.74) is 1.40. The zero-order valence-electron chi connectivity index (χ0n) is 25.9. The number of rotatable bonds is 12. The summed E-state index contributed by atoms with van der Waals surface area (Å²) >= 11 is 0. The van der Waals surface area contributed by atoms with Crippen molar-refractivity contribution in [2.75, 3.05) is 19.8 Å². The molecular formula is C27H27Li3N3O9P3. The Morgan fingerprint density at radius 1 is 0.467 bits per heavy atom. The zero-order valence-corrected chi connectivity index (χ0v) is 28.6. The van der Waals surface area contributed by atoms with Crippen molar-refractivity contribution < 1.29 is 98.5 Å². The molecule has 4 aromatic rings. The summed E-state index contributed by atoms with van der Waals surface area (Å²) in [7, 11) is -12.7. The molecule has 3 unspecified atom stereocenters. The summed E-state index contributed by atoms with van der Waals surface area (Å²) in [6, 6.07) is 17.4. The fourth-order valence-electron chi connectivity index (χ4n) is 3.88. The van der Waals surface area contributed by atoms with E-state index in [4.69, 9.17) is 13.6 Å². The monoisotopic (exact) mass is 651 g/mol. The van der Waals surface area contributed by atoms with Gasteiger partial charge in [-0.3, -0.25) is 0 Å². The molecule has 12 nitrogen and oxygen atoms in total. The molecule has 0 saturated heterocycles. The van der Waals surface area contributed by atoms with Crippen LogP contribution in [0.15, 0.2) is 72.8 Å². The van der Waals surface area contributed by atoms with E-state index < -0.39 is 22.8 Å². The predicted octanol–water partition coefficient (Wildman–Crippen LogP) is -6.47. The SMILES string of the molecule is CCOP(=O)([O-])c1ccc(-c2nc(-c3ccc(P(=O)([O-])OCC)cc3)nc(-c3ccc(P(=O)([O-])OCC)cc3)n2)cc1.[Li+].[Li+].[Li+]. The second kappa shape index (κ2) is 17.9. The van der Waals surface area contributed by atoms with Crippen LogP contribution < -0.4 is 87.2 Å². The molecule has 0 N–H and O–H groups in total. The average molecular weight is 651 g/mol. The van der Waals surface area contributed by atoms with Gasteiger partial charge in [-0.05, 0) is 57.2 Å². The number of aromatic nitrogens is 3. The minimum atomic E-state index is -4.24.